The van der Waals surface area contributed by atoms with Crippen LogP contribution >= 0.6 is 22.7 Å². The lowest BCUT2D eigenvalue weighted by atomic mass is 10.1. The molecular weight excluding hydrogens is 392 g/mol. The summed E-state index contributed by atoms with van der Waals surface area (Å²) in [4.78, 5) is 23.4. The number of nitrogens with zero attached hydrogens (tertiary/aromatic N) is 3. The molecule has 28 heavy (non-hydrogen) atoms. The van der Waals surface area contributed by atoms with Gasteiger partial charge in [0.15, 0.2) is 0 Å². The molecule has 1 amide bonds. The predicted octanol–water partition coefficient (Wildman–Crippen LogP) is 4.13. The highest BCUT2D eigenvalue weighted by Crippen LogP contribution is 2.30. The molecule has 0 aliphatic carbocycles. The Morgan fingerprint density at radius 1 is 1.25 bits per heavy atom. The van der Waals surface area contributed by atoms with Gasteiger partial charge in [0.25, 0.3) is 5.91 Å². The van der Waals surface area contributed by atoms with Crippen molar-refractivity contribution < 1.29 is 9.53 Å². The molecule has 0 saturated heterocycles. The maximum Gasteiger partial charge on any atom is 0.263 e. The van der Waals surface area contributed by atoms with Crippen LogP contribution in [0.3, 0.4) is 0 Å². The molecule has 4 aromatic rings. The summed E-state index contributed by atoms with van der Waals surface area (Å²) in [5.74, 6) is 1.28. The Bertz CT molecular complexity index is 1090. The summed E-state index contributed by atoms with van der Waals surface area (Å²) in [6.07, 6.45) is 5.20. The number of nitrogens with one attached hydrogen (secondary N) is 1. The van der Waals surface area contributed by atoms with Gasteiger partial charge in [-0.05, 0) is 29.1 Å². The SMILES string of the molecule is COc1cccc(C(NC(=O)c2cnc(-c3cccs3)s2)c2nccn2C)c1. The van der Waals surface area contributed by atoms with E-state index in [1.165, 1.54) is 11.3 Å². The summed E-state index contributed by atoms with van der Waals surface area (Å²) in [5, 5.41) is 5.94. The first kappa shape index (κ1) is 18.4. The van der Waals surface area contributed by atoms with Crippen LogP contribution in [0.15, 0.2) is 60.4 Å². The van der Waals surface area contributed by atoms with Crippen LogP contribution in [0.2, 0.25) is 0 Å². The van der Waals surface area contributed by atoms with Crippen molar-refractivity contribution >= 4 is 28.6 Å². The maximum atomic E-state index is 13.0. The molecule has 0 aliphatic rings. The molecule has 0 bridgehead atoms. The maximum absolute atomic E-state index is 13.0. The van der Waals surface area contributed by atoms with Crippen LogP contribution in [0.25, 0.3) is 9.88 Å². The van der Waals surface area contributed by atoms with E-state index >= 15 is 0 Å². The number of methoxy groups -OCH3 is 1. The highest BCUT2D eigenvalue weighted by molar-refractivity contribution is 7.21. The molecule has 0 saturated carbocycles. The summed E-state index contributed by atoms with van der Waals surface area (Å²) in [7, 11) is 3.53. The summed E-state index contributed by atoms with van der Waals surface area (Å²) in [5.41, 5.74) is 0.894. The monoisotopic (exact) mass is 410 g/mol. The first-order valence-electron chi connectivity index (χ1n) is 8.57. The van der Waals surface area contributed by atoms with Crippen molar-refractivity contribution in [3.63, 3.8) is 0 Å². The molecule has 8 heteroatoms. The number of hydrogen-bond acceptors (Lipinski definition) is 6. The third-order valence-electron chi connectivity index (χ3n) is 4.28. The zero-order chi connectivity index (χ0) is 19.5. The first-order chi connectivity index (χ1) is 13.7. The van der Waals surface area contributed by atoms with Crippen LogP contribution in [0.1, 0.15) is 27.1 Å². The summed E-state index contributed by atoms with van der Waals surface area (Å²) in [6.45, 7) is 0. The fourth-order valence-corrected chi connectivity index (χ4v) is 4.49. The van der Waals surface area contributed by atoms with Gasteiger partial charge in [0, 0.05) is 19.4 Å². The normalized spacial score (nSPS) is 11.9. The van der Waals surface area contributed by atoms with Crippen LogP contribution in [0.4, 0.5) is 0 Å². The zero-order valence-electron chi connectivity index (χ0n) is 15.3. The summed E-state index contributed by atoms with van der Waals surface area (Å²) < 4.78 is 7.24. The quantitative estimate of drug-likeness (QED) is 0.519. The Morgan fingerprint density at radius 3 is 2.86 bits per heavy atom. The molecule has 6 nitrogen and oxygen atoms in total. The van der Waals surface area contributed by atoms with Crippen molar-refractivity contribution in [1.29, 1.82) is 0 Å². The second kappa shape index (κ2) is 7.95. The van der Waals surface area contributed by atoms with Gasteiger partial charge in [0.2, 0.25) is 0 Å². The van der Waals surface area contributed by atoms with E-state index in [9.17, 15) is 4.79 Å². The van der Waals surface area contributed by atoms with Crippen LogP contribution < -0.4 is 10.1 Å². The fraction of sp³-hybridized carbons (Fsp3) is 0.150. The number of thiazole rings is 1. The lowest BCUT2D eigenvalue weighted by Crippen LogP contribution is -2.30. The molecule has 0 radical (unpaired) electrons. The van der Waals surface area contributed by atoms with Crippen LogP contribution in [-0.4, -0.2) is 27.6 Å². The molecule has 0 fully saturated rings. The Labute approximate surface area is 170 Å². The van der Waals surface area contributed by atoms with E-state index in [2.05, 4.69) is 15.3 Å². The minimum Gasteiger partial charge on any atom is -0.497 e. The topological polar surface area (TPSA) is 69.0 Å². The molecule has 1 aromatic carbocycles. The standard InChI is InChI=1S/C20H18N4O2S2/c1-24-9-8-21-18(24)17(13-5-3-6-14(11-13)26-2)23-19(25)16-12-22-20(28-16)15-7-4-10-27-15/h3-12,17H,1-2H3,(H,23,25). The lowest BCUT2D eigenvalue weighted by Gasteiger charge is -2.19. The number of carbonyl (C=O) groups excluding carboxylic acids is 1. The number of rotatable bonds is 6. The molecule has 142 valence electrons. The third-order valence-corrected chi connectivity index (χ3v) is 6.32. The number of benzene rings is 1. The van der Waals surface area contributed by atoms with Gasteiger partial charge >= 0.3 is 0 Å². The summed E-state index contributed by atoms with van der Waals surface area (Å²) >= 11 is 2.99. The van der Waals surface area contributed by atoms with Gasteiger partial charge in [-0.3, -0.25) is 4.79 Å². The highest BCUT2D eigenvalue weighted by atomic mass is 32.1. The average Bonchev–Trinajstić information content (AvgIpc) is 3.47. The number of carbonyl (C=O) groups is 1. The van der Waals surface area contributed by atoms with Gasteiger partial charge in [0.05, 0.1) is 18.2 Å². The van der Waals surface area contributed by atoms with E-state index in [4.69, 9.17) is 4.74 Å². The molecule has 1 unspecified atom stereocenters. The molecule has 1 atom stereocenters. The number of aryl methyl sites for hydroxylation is 1. The van der Waals surface area contributed by atoms with Crippen molar-refractivity contribution in [2.75, 3.05) is 7.11 Å². The minimum absolute atomic E-state index is 0.184. The van der Waals surface area contributed by atoms with E-state index in [-0.39, 0.29) is 5.91 Å². The van der Waals surface area contributed by atoms with Crippen molar-refractivity contribution in [2.24, 2.45) is 7.05 Å². The van der Waals surface area contributed by atoms with Crippen molar-refractivity contribution in [3.8, 4) is 15.6 Å². The molecule has 0 spiro atoms. The molecule has 0 aliphatic heterocycles. The fourth-order valence-electron chi connectivity index (χ4n) is 2.87. The van der Waals surface area contributed by atoms with E-state index in [0.29, 0.717) is 4.88 Å². The molecule has 1 N–H and O–H groups in total. The van der Waals surface area contributed by atoms with Gasteiger partial charge in [0.1, 0.15) is 27.5 Å². The lowest BCUT2D eigenvalue weighted by molar-refractivity contribution is 0.0945. The third kappa shape index (κ3) is 3.69. The minimum atomic E-state index is -0.408. The number of thiophene rings is 1. The number of ether oxygens (including phenoxy) is 1. The van der Waals surface area contributed by atoms with E-state index in [0.717, 1.165) is 27.0 Å². The van der Waals surface area contributed by atoms with Crippen LogP contribution in [-0.2, 0) is 7.05 Å². The Hall–Kier alpha value is -2.97. The van der Waals surface area contributed by atoms with E-state index < -0.39 is 6.04 Å². The Morgan fingerprint density at radius 2 is 2.14 bits per heavy atom. The van der Waals surface area contributed by atoms with Crippen LogP contribution in [0.5, 0.6) is 5.75 Å². The number of aromatic nitrogens is 3. The predicted molar refractivity (Wildman–Crippen MR) is 111 cm³/mol. The smallest absolute Gasteiger partial charge is 0.263 e. The summed E-state index contributed by atoms with van der Waals surface area (Å²) in [6, 6.07) is 11.2. The number of hydrogen-bond donors (Lipinski definition) is 1. The molecular formula is C20H18N4O2S2. The number of imidazole rings is 1. The van der Waals surface area contributed by atoms with Gasteiger partial charge in [-0.25, -0.2) is 9.97 Å². The van der Waals surface area contributed by atoms with E-state index in [1.807, 2.05) is 59.6 Å². The van der Waals surface area contributed by atoms with Crippen LogP contribution in [0, 0.1) is 0 Å². The average molecular weight is 411 g/mol. The zero-order valence-corrected chi connectivity index (χ0v) is 17.0. The highest BCUT2D eigenvalue weighted by Gasteiger charge is 2.23. The second-order valence-corrected chi connectivity index (χ2v) is 8.06. The van der Waals surface area contributed by atoms with Gasteiger partial charge in [-0.2, -0.15) is 0 Å². The van der Waals surface area contributed by atoms with E-state index in [1.54, 1.807) is 30.8 Å². The van der Waals surface area contributed by atoms with Gasteiger partial charge < -0.3 is 14.6 Å². The van der Waals surface area contributed by atoms with Gasteiger partial charge in [-0.1, -0.05) is 18.2 Å². The van der Waals surface area contributed by atoms with Gasteiger partial charge in [-0.15, -0.1) is 22.7 Å². The molecule has 3 heterocycles. The molecule has 3 aromatic heterocycles. The Balaban J connectivity index is 1.64. The number of amides is 1. The Kier molecular flexibility index (Phi) is 5.23. The van der Waals surface area contributed by atoms with Crippen molar-refractivity contribution in [3.05, 3.63) is 76.6 Å². The van der Waals surface area contributed by atoms with Crippen molar-refractivity contribution in [2.45, 2.75) is 6.04 Å². The second-order valence-electron chi connectivity index (χ2n) is 6.09. The molecule has 4 rings (SSSR count). The first-order valence-corrected chi connectivity index (χ1v) is 10.3. The largest absolute Gasteiger partial charge is 0.497 e. The van der Waals surface area contributed by atoms with Crippen molar-refractivity contribution in [1.82, 2.24) is 19.9 Å².